The quantitative estimate of drug-likeness (QED) is 0.604. The van der Waals surface area contributed by atoms with E-state index in [1.165, 1.54) is 11.0 Å². The van der Waals surface area contributed by atoms with Gasteiger partial charge in [0.2, 0.25) is 5.91 Å². The summed E-state index contributed by atoms with van der Waals surface area (Å²) in [4.78, 5) is 27.3. The molecule has 166 valence electrons. The number of hydrogen-bond donors (Lipinski definition) is 1. The number of carbonyl (C=O) groups excluding carboxylic acids is 2. The summed E-state index contributed by atoms with van der Waals surface area (Å²) in [5, 5.41) is 3.10. The van der Waals surface area contributed by atoms with E-state index in [2.05, 4.69) is 5.32 Å². The molecule has 0 spiro atoms. The first kappa shape index (κ1) is 23.1. The fourth-order valence-corrected chi connectivity index (χ4v) is 3.89. The van der Waals surface area contributed by atoms with Gasteiger partial charge in [0.05, 0.1) is 5.69 Å². The van der Waals surface area contributed by atoms with Crippen molar-refractivity contribution in [2.24, 2.45) is 0 Å². The van der Waals surface area contributed by atoms with E-state index in [1.54, 1.807) is 57.2 Å². The first-order valence-electron chi connectivity index (χ1n) is 10.5. The Morgan fingerprint density at radius 2 is 1.77 bits per heavy atom. The van der Waals surface area contributed by atoms with Gasteiger partial charge < -0.3 is 10.1 Å². The van der Waals surface area contributed by atoms with Crippen LogP contribution in [-0.4, -0.2) is 35.1 Å². The summed E-state index contributed by atoms with van der Waals surface area (Å²) in [6.45, 7) is 5.78. The molecule has 1 heterocycles. The number of ether oxygens (including phenoxy) is 1. The summed E-state index contributed by atoms with van der Waals surface area (Å²) in [5.41, 5.74) is 0.228. The molecule has 5 nitrogen and oxygen atoms in total. The number of benzene rings is 2. The standard InChI is InChI=1S/C24H28ClFN2O3/c1-24(2,3)31-23(30)28-15-8-4-5-14-20(28)22(29)27-19-13-9-11-17(21(19)26)16-10-6-7-12-18(16)25/h6-7,9-13,20H,4-5,8,14-15H2,1-3H3,(H,27,29)/t20-/m0/s1. The number of rotatable bonds is 3. The Hall–Kier alpha value is -2.60. The molecule has 2 amide bonds. The summed E-state index contributed by atoms with van der Waals surface area (Å²) in [7, 11) is 0. The third-order valence-electron chi connectivity index (χ3n) is 5.10. The minimum absolute atomic E-state index is 0.0517. The number of carbonyl (C=O) groups is 2. The van der Waals surface area contributed by atoms with Crippen LogP contribution in [0.15, 0.2) is 42.5 Å². The Morgan fingerprint density at radius 1 is 1.06 bits per heavy atom. The van der Waals surface area contributed by atoms with Gasteiger partial charge in [-0.05, 0) is 45.7 Å². The molecule has 1 fully saturated rings. The zero-order valence-corrected chi connectivity index (χ0v) is 18.8. The summed E-state index contributed by atoms with van der Waals surface area (Å²) in [6.07, 6.45) is 2.48. The van der Waals surface area contributed by atoms with Crippen LogP contribution in [0.5, 0.6) is 0 Å². The second kappa shape index (κ2) is 9.69. The van der Waals surface area contributed by atoms with Crippen molar-refractivity contribution >= 4 is 29.3 Å². The maximum Gasteiger partial charge on any atom is 0.410 e. The first-order valence-corrected chi connectivity index (χ1v) is 10.9. The van der Waals surface area contributed by atoms with Gasteiger partial charge >= 0.3 is 6.09 Å². The van der Waals surface area contributed by atoms with E-state index >= 15 is 4.39 Å². The Bertz CT molecular complexity index is 958. The Labute approximate surface area is 187 Å². The van der Waals surface area contributed by atoms with Gasteiger partial charge in [-0.2, -0.15) is 0 Å². The molecule has 1 aliphatic heterocycles. The summed E-state index contributed by atoms with van der Waals surface area (Å²) >= 11 is 6.22. The van der Waals surface area contributed by atoms with E-state index in [0.29, 0.717) is 29.1 Å². The lowest BCUT2D eigenvalue weighted by Crippen LogP contribution is -2.48. The predicted octanol–water partition coefficient (Wildman–Crippen LogP) is 6.26. The molecule has 0 aliphatic carbocycles. The minimum atomic E-state index is -0.722. The van der Waals surface area contributed by atoms with Crippen LogP contribution in [0, 0.1) is 5.82 Å². The molecule has 0 bridgehead atoms. The zero-order valence-electron chi connectivity index (χ0n) is 18.1. The first-order chi connectivity index (χ1) is 14.7. The molecular formula is C24H28ClFN2O3. The van der Waals surface area contributed by atoms with Crippen LogP contribution < -0.4 is 5.32 Å². The van der Waals surface area contributed by atoms with Crippen LogP contribution in [0.3, 0.4) is 0 Å². The molecule has 0 aromatic heterocycles. The highest BCUT2D eigenvalue weighted by Gasteiger charge is 2.34. The van der Waals surface area contributed by atoms with E-state index in [9.17, 15) is 9.59 Å². The van der Waals surface area contributed by atoms with E-state index in [1.807, 2.05) is 0 Å². The smallest absolute Gasteiger partial charge is 0.410 e. The third-order valence-corrected chi connectivity index (χ3v) is 5.43. The third kappa shape index (κ3) is 5.76. The molecule has 31 heavy (non-hydrogen) atoms. The van der Waals surface area contributed by atoms with Crippen molar-refractivity contribution in [2.45, 2.75) is 58.1 Å². The van der Waals surface area contributed by atoms with E-state index < -0.39 is 29.5 Å². The largest absolute Gasteiger partial charge is 0.444 e. The number of halogens is 2. The lowest BCUT2D eigenvalue weighted by atomic mass is 10.0. The number of anilines is 1. The van der Waals surface area contributed by atoms with Crippen molar-refractivity contribution in [1.82, 2.24) is 4.90 Å². The van der Waals surface area contributed by atoms with Crippen molar-refractivity contribution < 1.29 is 18.7 Å². The molecule has 2 aromatic carbocycles. The molecule has 2 aromatic rings. The number of amides is 2. The molecule has 7 heteroatoms. The normalized spacial score (nSPS) is 17.1. The second-order valence-electron chi connectivity index (χ2n) is 8.68. The molecule has 3 rings (SSSR count). The van der Waals surface area contributed by atoms with Crippen molar-refractivity contribution in [3.63, 3.8) is 0 Å². The predicted molar refractivity (Wildman–Crippen MR) is 121 cm³/mol. The highest BCUT2D eigenvalue weighted by Crippen LogP contribution is 2.33. The van der Waals surface area contributed by atoms with Gasteiger partial charge in [-0.1, -0.05) is 54.8 Å². The van der Waals surface area contributed by atoms with Crippen molar-refractivity contribution in [1.29, 1.82) is 0 Å². The Kier molecular flexibility index (Phi) is 7.21. The molecule has 0 unspecified atom stereocenters. The molecule has 0 saturated carbocycles. The van der Waals surface area contributed by atoms with Gasteiger partial charge in [-0.3, -0.25) is 9.69 Å². The lowest BCUT2D eigenvalue weighted by Gasteiger charge is -2.31. The van der Waals surface area contributed by atoms with Crippen LogP contribution >= 0.6 is 11.6 Å². The van der Waals surface area contributed by atoms with Crippen molar-refractivity contribution in [3.8, 4) is 11.1 Å². The van der Waals surface area contributed by atoms with E-state index in [4.69, 9.17) is 16.3 Å². The van der Waals surface area contributed by atoms with Gasteiger partial charge in [0.1, 0.15) is 11.6 Å². The summed E-state index contributed by atoms with van der Waals surface area (Å²) in [5.74, 6) is -0.996. The Balaban J connectivity index is 1.84. The van der Waals surface area contributed by atoms with Crippen molar-refractivity contribution in [2.75, 3.05) is 11.9 Å². The van der Waals surface area contributed by atoms with Crippen LogP contribution in [0.25, 0.3) is 11.1 Å². The van der Waals surface area contributed by atoms with Crippen LogP contribution in [0.1, 0.15) is 46.5 Å². The number of likely N-dealkylation sites (tertiary alicyclic amines) is 1. The topological polar surface area (TPSA) is 58.6 Å². The summed E-state index contributed by atoms with van der Waals surface area (Å²) in [6, 6.07) is 11.0. The highest BCUT2D eigenvalue weighted by molar-refractivity contribution is 6.33. The van der Waals surface area contributed by atoms with Crippen LogP contribution in [0.4, 0.5) is 14.9 Å². The van der Waals surface area contributed by atoms with Gasteiger partial charge in [-0.25, -0.2) is 9.18 Å². The fourth-order valence-electron chi connectivity index (χ4n) is 3.65. The Morgan fingerprint density at radius 3 is 2.48 bits per heavy atom. The SMILES string of the molecule is CC(C)(C)OC(=O)N1CCCCC[C@H]1C(=O)Nc1cccc(-c2ccccc2Cl)c1F. The number of nitrogens with zero attached hydrogens (tertiary/aromatic N) is 1. The second-order valence-corrected chi connectivity index (χ2v) is 9.08. The van der Waals surface area contributed by atoms with Gasteiger partial charge in [0.25, 0.3) is 0 Å². The van der Waals surface area contributed by atoms with Gasteiger partial charge in [0.15, 0.2) is 5.82 Å². The summed E-state index contributed by atoms with van der Waals surface area (Å²) < 4.78 is 20.7. The molecule has 1 N–H and O–H groups in total. The molecule has 0 radical (unpaired) electrons. The average Bonchev–Trinajstić information content (AvgIpc) is 2.95. The fraction of sp³-hybridized carbons (Fsp3) is 0.417. The van der Waals surface area contributed by atoms with Gasteiger partial charge in [-0.15, -0.1) is 0 Å². The van der Waals surface area contributed by atoms with E-state index in [-0.39, 0.29) is 5.69 Å². The highest BCUT2D eigenvalue weighted by atomic mass is 35.5. The molecule has 1 atom stereocenters. The average molecular weight is 447 g/mol. The van der Waals surface area contributed by atoms with Crippen molar-refractivity contribution in [3.05, 3.63) is 53.3 Å². The van der Waals surface area contributed by atoms with Crippen LogP contribution in [-0.2, 0) is 9.53 Å². The van der Waals surface area contributed by atoms with Gasteiger partial charge in [0, 0.05) is 22.7 Å². The maximum absolute atomic E-state index is 15.2. The van der Waals surface area contributed by atoms with E-state index in [0.717, 1.165) is 19.3 Å². The number of nitrogens with one attached hydrogen (secondary N) is 1. The lowest BCUT2D eigenvalue weighted by molar-refractivity contribution is -0.121. The number of hydrogen-bond acceptors (Lipinski definition) is 3. The molecule has 1 aliphatic rings. The molecule has 1 saturated heterocycles. The zero-order chi connectivity index (χ0) is 22.6. The van der Waals surface area contributed by atoms with Crippen LogP contribution in [0.2, 0.25) is 5.02 Å². The maximum atomic E-state index is 15.2. The molecular weight excluding hydrogens is 419 g/mol. The minimum Gasteiger partial charge on any atom is -0.444 e. The monoisotopic (exact) mass is 446 g/mol.